The third-order valence-corrected chi connectivity index (χ3v) is 4.05. The molecular formula is C18H19BrN2O2. The lowest BCUT2D eigenvalue weighted by molar-refractivity contribution is 0.0954. The molecule has 0 aromatic heterocycles. The highest BCUT2D eigenvalue weighted by Gasteiger charge is 2.15. The van der Waals surface area contributed by atoms with Gasteiger partial charge < -0.3 is 10.6 Å². The van der Waals surface area contributed by atoms with Crippen molar-refractivity contribution in [1.82, 2.24) is 5.32 Å². The van der Waals surface area contributed by atoms with Crippen molar-refractivity contribution in [2.24, 2.45) is 0 Å². The Morgan fingerprint density at radius 3 is 2.30 bits per heavy atom. The standard InChI is InChI=1S/C18H19BrN2O2/c1-2-3-12-20-17(22)14-9-5-7-11-16(14)21-18(23)13-8-4-6-10-15(13)19/h4-11H,2-3,12H2,1H3,(H,20,22)(H,21,23). The summed E-state index contributed by atoms with van der Waals surface area (Å²) in [5, 5.41) is 5.67. The van der Waals surface area contributed by atoms with Crippen molar-refractivity contribution in [2.45, 2.75) is 19.8 Å². The number of anilines is 1. The zero-order chi connectivity index (χ0) is 16.7. The third-order valence-electron chi connectivity index (χ3n) is 3.35. The maximum absolute atomic E-state index is 12.4. The van der Waals surface area contributed by atoms with Gasteiger partial charge in [-0.1, -0.05) is 37.6 Å². The van der Waals surface area contributed by atoms with Crippen LogP contribution in [0.15, 0.2) is 53.0 Å². The first-order valence-electron chi connectivity index (χ1n) is 7.56. The highest BCUT2D eigenvalue weighted by atomic mass is 79.9. The van der Waals surface area contributed by atoms with E-state index in [1.165, 1.54) is 0 Å². The molecule has 2 aromatic carbocycles. The molecule has 0 aliphatic carbocycles. The second-order valence-electron chi connectivity index (χ2n) is 5.09. The van der Waals surface area contributed by atoms with Crippen LogP contribution in [0.3, 0.4) is 0 Å². The van der Waals surface area contributed by atoms with E-state index in [9.17, 15) is 9.59 Å². The van der Waals surface area contributed by atoms with Crippen LogP contribution in [0.1, 0.15) is 40.5 Å². The highest BCUT2D eigenvalue weighted by Crippen LogP contribution is 2.20. The van der Waals surface area contributed by atoms with Crippen molar-refractivity contribution in [3.8, 4) is 0 Å². The van der Waals surface area contributed by atoms with Crippen molar-refractivity contribution in [3.63, 3.8) is 0 Å². The Kier molecular flexibility index (Phi) is 6.35. The number of hydrogen-bond acceptors (Lipinski definition) is 2. The van der Waals surface area contributed by atoms with Gasteiger partial charge in [-0.2, -0.15) is 0 Å². The van der Waals surface area contributed by atoms with Crippen LogP contribution in [-0.2, 0) is 0 Å². The zero-order valence-corrected chi connectivity index (χ0v) is 14.5. The number of benzene rings is 2. The molecule has 0 spiro atoms. The fourth-order valence-electron chi connectivity index (χ4n) is 2.10. The van der Waals surface area contributed by atoms with E-state index in [1.54, 1.807) is 42.5 Å². The molecule has 120 valence electrons. The lowest BCUT2D eigenvalue weighted by atomic mass is 10.1. The van der Waals surface area contributed by atoms with Crippen molar-refractivity contribution in [2.75, 3.05) is 11.9 Å². The maximum atomic E-state index is 12.4. The van der Waals surface area contributed by atoms with Crippen LogP contribution in [0.4, 0.5) is 5.69 Å². The van der Waals surface area contributed by atoms with Gasteiger partial charge in [0.15, 0.2) is 0 Å². The molecule has 0 radical (unpaired) electrons. The summed E-state index contributed by atoms with van der Waals surface area (Å²) in [6.45, 7) is 2.69. The van der Waals surface area contributed by atoms with Gasteiger partial charge in [0.05, 0.1) is 16.8 Å². The van der Waals surface area contributed by atoms with E-state index in [0.29, 0.717) is 27.8 Å². The summed E-state index contributed by atoms with van der Waals surface area (Å²) >= 11 is 3.36. The Morgan fingerprint density at radius 2 is 1.61 bits per heavy atom. The van der Waals surface area contributed by atoms with E-state index < -0.39 is 0 Å². The summed E-state index contributed by atoms with van der Waals surface area (Å²) in [5.41, 5.74) is 1.49. The van der Waals surface area contributed by atoms with E-state index in [0.717, 1.165) is 12.8 Å². The molecule has 2 amide bonds. The Balaban J connectivity index is 2.16. The van der Waals surface area contributed by atoms with Crippen LogP contribution in [0.25, 0.3) is 0 Å². The molecule has 0 saturated carbocycles. The molecular weight excluding hydrogens is 356 g/mol. The van der Waals surface area contributed by atoms with Gasteiger partial charge in [0.25, 0.3) is 11.8 Å². The summed E-state index contributed by atoms with van der Waals surface area (Å²) in [6, 6.07) is 14.2. The molecule has 2 N–H and O–H groups in total. The molecule has 23 heavy (non-hydrogen) atoms. The molecule has 4 nitrogen and oxygen atoms in total. The zero-order valence-electron chi connectivity index (χ0n) is 12.9. The molecule has 2 rings (SSSR count). The van der Waals surface area contributed by atoms with Gasteiger partial charge >= 0.3 is 0 Å². The molecule has 0 aliphatic heterocycles. The van der Waals surface area contributed by atoms with E-state index in [1.807, 2.05) is 6.07 Å². The predicted molar refractivity (Wildman–Crippen MR) is 95.8 cm³/mol. The summed E-state index contributed by atoms with van der Waals surface area (Å²) in [6.07, 6.45) is 1.94. The third kappa shape index (κ3) is 4.66. The molecule has 0 bridgehead atoms. The summed E-state index contributed by atoms with van der Waals surface area (Å²) in [7, 11) is 0. The van der Waals surface area contributed by atoms with Crippen molar-refractivity contribution >= 4 is 33.4 Å². The fraction of sp³-hybridized carbons (Fsp3) is 0.222. The Hall–Kier alpha value is -2.14. The largest absolute Gasteiger partial charge is 0.352 e. The van der Waals surface area contributed by atoms with Gasteiger partial charge in [0.1, 0.15) is 0 Å². The summed E-state index contributed by atoms with van der Waals surface area (Å²) in [5.74, 6) is -0.437. The van der Waals surface area contributed by atoms with Gasteiger partial charge in [0.2, 0.25) is 0 Å². The molecule has 0 atom stereocenters. The van der Waals surface area contributed by atoms with E-state index >= 15 is 0 Å². The number of unbranched alkanes of at least 4 members (excludes halogenated alkanes) is 1. The average molecular weight is 375 g/mol. The van der Waals surface area contributed by atoms with Crippen LogP contribution < -0.4 is 10.6 Å². The summed E-state index contributed by atoms with van der Waals surface area (Å²) in [4.78, 5) is 24.7. The first kappa shape index (κ1) is 17.2. The number of hydrogen-bond donors (Lipinski definition) is 2. The van der Waals surface area contributed by atoms with Crippen LogP contribution in [0, 0.1) is 0 Å². The van der Waals surface area contributed by atoms with Gasteiger partial charge in [-0.05, 0) is 46.6 Å². The molecule has 0 aliphatic rings. The smallest absolute Gasteiger partial charge is 0.256 e. The van der Waals surface area contributed by atoms with Gasteiger partial charge in [-0.25, -0.2) is 0 Å². The SMILES string of the molecule is CCCCNC(=O)c1ccccc1NC(=O)c1ccccc1Br. The highest BCUT2D eigenvalue weighted by molar-refractivity contribution is 9.10. The number of amides is 2. The van der Waals surface area contributed by atoms with Crippen molar-refractivity contribution in [1.29, 1.82) is 0 Å². The Bertz CT molecular complexity index is 701. The van der Waals surface area contributed by atoms with Crippen LogP contribution >= 0.6 is 15.9 Å². The topological polar surface area (TPSA) is 58.2 Å². The molecule has 2 aromatic rings. The predicted octanol–water partition coefficient (Wildman–Crippen LogP) is 4.23. The maximum Gasteiger partial charge on any atom is 0.256 e. The number of nitrogens with one attached hydrogen (secondary N) is 2. The molecule has 0 saturated heterocycles. The number of halogens is 1. The second-order valence-corrected chi connectivity index (χ2v) is 5.94. The molecule has 0 fully saturated rings. The van der Waals surface area contributed by atoms with E-state index in [4.69, 9.17) is 0 Å². The average Bonchev–Trinajstić information content (AvgIpc) is 2.55. The molecule has 0 heterocycles. The first-order chi connectivity index (χ1) is 11.1. The van der Waals surface area contributed by atoms with Gasteiger partial charge in [-0.3, -0.25) is 9.59 Å². The number of para-hydroxylation sites is 1. The van der Waals surface area contributed by atoms with Gasteiger partial charge in [0, 0.05) is 11.0 Å². The lowest BCUT2D eigenvalue weighted by Gasteiger charge is -2.12. The summed E-state index contributed by atoms with van der Waals surface area (Å²) < 4.78 is 0.711. The Labute approximate surface area is 144 Å². The minimum Gasteiger partial charge on any atom is -0.352 e. The lowest BCUT2D eigenvalue weighted by Crippen LogP contribution is -2.26. The quantitative estimate of drug-likeness (QED) is 0.743. The molecule has 5 heteroatoms. The number of carbonyl (C=O) groups excluding carboxylic acids is 2. The second kappa shape index (κ2) is 8.48. The van der Waals surface area contributed by atoms with Gasteiger partial charge in [-0.15, -0.1) is 0 Å². The number of carbonyl (C=O) groups is 2. The van der Waals surface area contributed by atoms with E-state index in [2.05, 4.69) is 33.5 Å². The minimum atomic E-state index is -0.258. The minimum absolute atomic E-state index is 0.179. The number of rotatable bonds is 6. The van der Waals surface area contributed by atoms with Crippen molar-refractivity contribution < 1.29 is 9.59 Å². The van der Waals surface area contributed by atoms with Crippen LogP contribution in [0.5, 0.6) is 0 Å². The monoisotopic (exact) mass is 374 g/mol. The molecule has 0 unspecified atom stereocenters. The normalized spacial score (nSPS) is 10.2. The van der Waals surface area contributed by atoms with Crippen LogP contribution in [-0.4, -0.2) is 18.4 Å². The van der Waals surface area contributed by atoms with Crippen LogP contribution in [0.2, 0.25) is 0 Å². The first-order valence-corrected chi connectivity index (χ1v) is 8.36. The fourth-order valence-corrected chi connectivity index (χ4v) is 2.56. The Morgan fingerprint density at radius 1 is 0.957 bits per heavy atom. The van der Waals surface area contributed by atoms with E-state index in [-0.39, 0.29) is 11.8 Å². The van der Waals surface area contributed by atoms with Crippen molar-refractivity contribution in [3.05, 3.63) is 64.1 Å².